The van der Waals surface area contributed by atoms with E-state index < -0.39 is 23.2 Å². The predicted octanol–water partition coefficient (Wildman–Crippen LogP) is 2.84. The van der Waals surface area contributed by atoms with E-state index in [1.54, 1.807) is 5.38 Å². The van der Waals surface area contributed by atoms with Crippen LogP contribution in [0.3, 0.4) is 0 Å². The van der Waals surface area contributed by atoms with Gasteiger partial charge in [0.15, 0.2) is 10.8 Å². The second-order valence-corrected chi connectivity index (χ2v) is 6.09. The zero-order chi connectivity index (χ0) is 18.7. The lowest BCUT2D eigenvalue weighted by atomic mass is 10.1. The van der Waals surface area contributed by atoms with E-state index in [0.717, 1.165) is 18.2 Å². The monoisotopic (exact) mass is 380 g/mol. The zero-order valence-electron chi connectivity index (χ0n) is 13.0. The Bertz CT molecular complexity index is 966. The molecule has 134 valence electrons. The minimum absolute atomic E-state index is 0.00195. The van der Waals surface area contributed by atoms with Crippen molar-refractivity contribution in [3.8, 4) is 10.8 Å². The van der Waals surface area contributed by atoms with Crippen LogP contribution >= 0.6 is 11.3 Å². The van der Waals surface area contributed by atoms with Crippen LogP contribution in [0.4, 0.5) is 13.2 Å². The molecule has 10 heteroatoms. The minimum Gasteiger partial charge on any atom is -0.347 e. The van der Waals surface area contributed by atoms with Gasteiger partial charge in [0, 0.05) is 24.2 Å². The van der Waals surface area contributed by atoms with Crippen molar-refractivity contribution in [2.24, 2.45) is 0 Å². The van der Waals surface area contributed by atoms with Crippen LogP contribution in [0.25, 0.3) is 10.8 Å². The topological polar surface area (TPSA) is 87.7 Å². The molecule has 6 nitrogen and oxygen atoms in total. The molecule has 0 saturated heterocycles. The van der Waals surface area contributed by atoms with Gasteiger partial charge in [-0.2, -0.15) is 13.2 Å². The van der Waals surface area contributed by atoms with E-state index in [0.29, 0.717) is 10.6 Å². The second-order valence-electron chi connectivity index (χ2n) is 5.19. The molecule has 0 saturated carbocycles. The Morgan fingerprint density at radius 3 is 2.58 bits per heavy atom. The van der Waals surface area contributed by atoms with Crippen molar-refractivity contribution in [1.29, 1.82) is 0 Å². The summed E-state index contributed by atoms with van der Waals surface area (Å²) in [7, 11) is 0. The minimum atomic E-state index is -4.41. The third-order valence-corrected chi connectivity index (χ3v) is 4.12. The summed E-state index contributed by atoms with van der Waals surface area (Å²) in [5.41, 5.74) is -0.899. The highest BCUT2D eigenvalue weighted by molar-refractivity contribution is 7.12. The van der Waals surface area contributed by atoms with Gasteiger partial charge in [-0.15, -0.1) is 11.3 Å². The quantitative estimate of drug-likeness (QED) is 0.729. The Morgan fingerprint density at radius 1 is 1.23 bits per heavy atom. The van der Waals surface area contributed by atoms with E-state index in [1.807, 2.05) is 0 Å². The molecule has 2 heterocycles. The molecule has 3 rings (SSSR count). The number of aromatic nitrogens is 3. The summed E-state index contributed by atoms with van der Waals surface area (Å²) < 4.78 is 37.6. The van der Waals surface area contributed by atoms with E-state index in [9.17, 15) is 22.8 Å². The van der Waals surface area contributed by atoms with E-state index in [-0.39, 0.29) is 18.1 Å². The molecule has 0 unspecified atom stereocenters. The second kappa shape index (κ2) is 7.08. The Labute approximate surface area is 148 Å². The van der Waals surface area contributed by atoms with Crippen LogP contribution in [0.1, 0.15) is 21.6 Å². The molecule has 1 aromatic carbocycles. The van der Waals surface area contributed by atoms with E-state index in [4.69, 9.17) is 0 Å². The number of rotatable bonds is 4. The lowest BCUT2D eigenvalue weighted by Gasteiger charge is -2.08. The highest BCUT2D eigenvalue weighted by Gasteiger charge is 2.29. The Morgan fingerprint density at radius 2 is 1.96 bits per heavy atom. The van der Waals surface area contributed by atoms with Crippen LogP contribution in [0, 0.1) is 0 Å². The fourth-order valence-electron chi connectivity index (χ4n) is 2.10. The van der Waals surface area contributed by atoms with Gasteiger partial charge >= 0.3 is 6.18 Å². The number of nitrogens with zero attached hydrogens (tertiary/aromatic N) is 2. The van der Waals surface area contributed by atoms with E-state index >= 15 is 0 Å². The maximum atomic E-state index is 12.5. The molecule has 2 aromatic heterocycles. The molecule has 2 N–H and O–H groups in total. The number of halogens is 3. The molecular weight excluding hydrogens is 369 g/mol. The summed E-state index contributed by atoms with van der Waals surface area (Å²) in [6.07, 6.45) is -2.87. The largest absolute Gasteiger partial charge is 0.416 e. The van der Waals surface area contributed by atoms with Crippen LogP contribution in [0.15, 0.2) is 46.7 Å². The summed E-state index contributed by atoms with van der Waals surface area (Å²) in [5, 5.41) is 4.68. The maximum absolute atomic E-state index is 12.5. The van der Waals surface area contributed by atoms with Gasteiger partial charge in [-0.1, -0.05) is 12.1 Å². The Kier molecular flexibility index (Phi) is 4.85. The van der Waals surface area contributed by atoms with Gasteiger partial charge in [0.2, 0.25) is 0 Å². The SMILES string of the molecule is O=C(NCc1ccc(C(F)(F)F)cc1)c1cc(=O)[nH]c(-c2nccs2)n1. The lowest BCUT2D eigenvalue weighted by molar-refractivity contribution is -0.137. The molecular formula is C16H11F3N4O2S. The molecule has 0 atom stereocenters. The third-order valence-electron chi connectivity index (χ3n) is 3.34. The first-order chi connectivity index (χ1) is 12.3. The fourth-order valence-corrected chi connectivity index (χ4v) is 2.68. The van der Waals surface area contributed by atoms with Crippen LogP contribution in [-0.4, -0.2) is 20.9 Å². The molecule has 0 aliphatic heterocycles. The van der Waals surface area contributed by atoms with Gasteiger partial charge in [0.1, 0.15) is 5.69 Å². The molecule has 0 bridgehead atoms. The molecule has 0 aliphatic carbocycles. The average molecular weight is 380 g/mol. The Balaban J connectivity index is 1.72. The van der Waals surface area contributed by atoms with Gasteiger partial charge in [0.05, 0.1) is 5.56 Å². The van der Waals surface area contributed by atoms with Gasteiger partial charge in [0.25, 0.3) is 11.5 Å². The van der Waals surface area contributed by atoms with Crippen molar-refractivity contribution in [3.05, 3.63) is 69.1 Å². The summed E-state index contributed by atoms with van der Waals surface area (Å²) in [5.74, 6) is -0.444. The zero-order valence-corrected chi connectivity index (χ0v) is 13.8. The highest BCUT2D eigenvalue weighted by atomic mass is 32.1. The number of H-pyrrole nitrogens is 1. The molecule has 3 aromatic rings. The number of carbonyl (C=O) groups excluding carboxylic acids is 1. The number of nitrogens with one attached hydrogen (secondary N) is 2. The number of carbonyl (C=O) groups is 1. The number of aromatic amines is 1. The van der Waals surface area contributed by atoms with Crippen LogP contribution in [0.5, 0.6) is 0 Å². The fraction of sp³-hybridized carbons (Fsp3) is 0.125. The summed E-state index contributed by atoms with van der Waals surface area (Å²) in [6.45, 7) is -0.00195. The lowest BCUT2D eigenvalue weighted by Crippen LogP contribution is -2.26. The van der Waals surface area contributed by atoms with E-state index in [2.05, 4.69) is 20.3 Å². The Hall–Kier alpha value is -3.01. The van der Waals surface area contributed by atoms with Gasteiger partial charge in [-0.3, -0.25) is 9.59 Å². The summed E-state index contributed by atoms with van der Waals surface area (Å²) >= 11 is 1.25. The number of alkyl halides is 3. The standard InChI is InChI=1S/C16H11F3N4O2S/c17-16(18,19)10-3-1-9(2-4-10)8-21-14(25)11-7-12(24)23-13(22-11)15-20-5-6-26-15/h1-7H,8H2,(H,21,25)(H,22,23,24). The summed E-state index contributed by atoms with van der Waals surface area (Å²) in [4.78, 5) is 34.5. The molecule has 0 aliphatic rings. The first-order valence-corrected chi connectivity index (χ1v) is 8.16. The van der Waals surface area contributed by atoms with Crippen molar-refractivity contribution < 1.29 is 18.0 Å². The van der Waals surface area contributed by atoms with Gasteiger partial charge < -0.3 is 10.3 Å². The normalized spacial score (nSPS) is 11.3. The molecule has 26 heavy (non-hydrogen) atoms. The van der Waals surface area contributed by atoms with Crippen LogP contribution in [0.2, 0.25) is 0 Å². The van der Waals surface area contributed by atoms with Crippen LogP contribution in [-0.2, 0) is 12.7 Å². The molecule has 0 fully saturated rings. The number of benzene rings is 1. The number of thiazole rings is 1. The molecule has 0 radical (unpaired) electrons. The van der Waals surface area contributed by atoms with Gasteiger partial charge in [-0.05, 0) is 17.7 Å². The molecule has 1 amide bonds. The number of hydrogen-bond donors (Lipinski definition) is 2. The smallest absolute Gasteiger partial charge is 0.347 e. The number of amides is 1. The third kappa shape index (κ3) is 4.14. The van der Waals surface area contributed by atoms with Crippen molar-refractivity contribution in [1.82, 2.24) is 20.3 Å². The maximum Gasteiger partial charge on any atom is 0.416 e. The van der Waals surface area contributed by atoms with Crippen molar-refractivity contribution in [2.75, 3.05) is 0 Å². The predicted molar refractivity (Wildman–Crippen MR) is 88.6 cm³/mol. The van der Waals surface area contributed by atoms with Crippen LogP contribution < -0.4 is 10.9 Å². The highest BCUT2D eigenvalue weighted by Crippen LogP contribution is 2.29. The first-order valence-electron chi connectivity index (χ1n) is 7.28. The first kappa shape index (κ1) is 17.8. The summed E-state index contributed by atoms with van der Waals surface area (Å²) in [6, 6.07) is 5.46. The van der Waals surface area contributed by atoms with Gasteiger partial charge in [-0.25, -0.2) is 9.97 Å². The average Bonchev–Trinajstić information content (AvgIpc) is 3.13. The van der Waals surface area contributed by atoms with Crippen molar-refractivity contribution in [2.45, 2.75) is 12.7 Å². The van der Waals surface area contributed by atoms with Crippen molar-refractivity contribution in [3.63, 3.8) is 0 Å². The van der Waals surface area contributed by atoms with E-state index in [1.165, 1.54) is 29.7 Å². The molecule has 0 spiro atoms. The number of hydrogen-bond acceptors (Lipinski definition) is 5. The van der Waals surface area contributed by atoms with Crippen molar-refractivity contribution >= 4 is 17.2 Å².